The number of aryl methyl sites for hydroxylation is 1. The van der Waals surface area contributed by atoms with Crippen LogP contribution in [0, 0.1) is 12.3 Å². The Morgan fingerprint density at radius 1 is 0.875 bits per heavy atom. The quantitative estimate of drug-likeness (QED) is 0.567. The molecule has 1 nitrogen and oxygen atoms in total. The van der Waals surface area contributed by atoms with Crippen molar-refractivity contribution in [3.63, 3.8) is 0 Å². The van der Waals surface area contributed by atoms with Crippen molar-refractivity contribution in [2.45, 2.75) is 20.0 Å². The first-order valence-electron chi connectivity index (χ1n) is 8.17. The summed E-state index contributed by atoms with van der Waals surface area (Å²) >= 11 is 0. The first-order valence-corrected chi connectivity index (χ1v) is 8.17. The SMILES string of the molecule is C#Cc1ccc(-c2ccc(CC)cc2)c(OCc2ccccc2)c1. The van der Waals surface area contributed by atoms with E-state index < -0.39 is 0 Å². The Morgan fingerprint density at radius 3 is 2.29 bits per heavy atom. The molecule has 118 valence electrons. The molecular formula is C23H20O. The molecule has 0 amide bonds. The van der Waals surface area contributed by atoms with E-state index in [1.807, 2.05) is 36.4 Å². The minimum Gasteiger partial charge on any atom is -0.488 e. The molecule has 0 saturated heterocycles. The molecule has 3 aromatic rings. The smallest absolute Gasteiger partial charge is 0.128 e. The van der Waals surface area contributed by atoms with Crippen LogP contribution in [-0.2, 0) is 13.0 Å². The number of benzene rings is 3. The lowest BCUT2D eigenvalue weighted by Crippen LogP contribution is -1.97. The van der Waals surface area contributed by atoms with Gasteiger partial charge < -0.3 is 4.74 Å². The summed E-state index contributed by atoms with van der Waals surface area (Å²) in [6.45, 7) is 2.68. The zero-order chi connectivity index (χ0) is 16.8. The second-order valence-electron chi connectivity index (χ2n) is 5.68. The van der Waals surface area contributed by atoms with Crippen LogP contribution in [0.1, 0.15) is 23.6 Å². The summed E-state index contributed by atoms with van der Waals surface area (Å²) in [6.07, 6.45) is 6.58. The highest BCUT2D eigenvalue weighted by atomic mass is 16.5. The molecular weight excluding hydrogens is 292 g/mol. The third-order valence-corrected chi connectivity index (χ3v) is 4.06. The van der Waals surface area contributed by atoms with Crippen LogP contribution in [0.2, 0.25) is 0 Å². The van der Waals surface area contributed by atoms with Gasteiger partial charge in [-0.15, -0.1) is 6.42 Å². The fourth-order valence-electron chi connectivity index (χ4n) is 2.63. The summed E-state index contributed by atoms with van der Waals surface area (Å²) < 4.78 is 6.08. The maximum atomic E-state index is 6.08. The minimum absolute atomic E-state index is 0.523. The summed E-state index contributed by atoms with van der Waals surface area (Å²) in [5.41, 5.74) is 5.49. The summed E-state index contributed by atoms with van der Waals surface area (Å²) in [5.74, 6) is 3.50. The van der Waals surface area contributed by atoms with Crippen molar-refractivity contribution >= 4 is 0 Å². The molecule has 0 spiro atoms. The van der Waals surface area contributed by atoms with Crippen molar-refractivity contribution in [2.24, 2.45) is 0 Å². The van der Waals surface area contributed by atoms with Gasteiger partial charge in [0.2, 0.25) is 0 Å². The number of terminal acetylenes is 1. The average molecular weight is 312 g/mol. The van der Waals surface area contributed by atoms with Gasteiger partial charge in [-0.25, -0.2) is 0 Å². The van der Waals surface area contributed by atoms with Crippen LogP contribution in [0.25, 0.3) is 11.1 Å². The molecule has 3 rings (SSSR count). The third-order valence-electron chi connectivity index (χ3n) is 4.06. The van der Waals surface area contributed by atoms with E-state index in [4.69, 9.17) is 11.2 Å². The topological polar surface area (TPSA) is 9.23 Å². The molecule has 24 heavy (non-hydrogen) atoms. The van der Waals surface area contributed by atoms with Crippen LogP contribution >= 0.6 is 0 Å². The van der Waals surface area contributed by atoms with Crippen molar-refractivity contribution in [2.75, 3.05) is 0 Å². The normalized spacial score (nSPS) is 10.2. The van der Waals surface area contributed by atoms with E-state index in [1.165, 1.54) is 5.56 Å². The Balaban J connectivity index is 1.91. The van der Waals surface area contributed by atoms with Gasteiger partial charge in [0.1, 0.15) is 12.4 Å². The fourth-order valence-corrected chi connectivity index (χ4v) is 2.63. The van der Waals surface area contributed by atoms with Gasteiger partial charge in [-0.3, -0.25) is 0 Å². The highest BCUT2D eigenvalue weighted by Gasteiger charge is 2.08. The Kier molecular flexibility index (Phi) is 4.99. The Hall–Kier alpha value is -2.98. The molecule has 3 aromatic carbocycles. The number of hydrogen-bond donors (Lipinski definition) is 0. The summed E-state index contributed by atoms with van der Waals surface area (Å²) in [4.78, 5) is 0. The van der Waals surface area contributed by atoms with Gasteiger partial charge in [-0.1, -0.05) is 67.4 Å². The Bertz CT molecular complexity index is 839. The molecule has 0 fully saturated rings. The van der Waals surface area contributed by atoms with Crippen LogP contribution in [0.15, 0.2) is 72.8 Å². The largest absolute Gasteiger partial charge is 0.488 e. The maximum Gasteiger partial charge on any atom is 0.128 e. The third kappa shape index (κ3) is 3.67. The van der Waals surface area contributed by atoms with Crippen molar-refractivity contribution < 1.29 is 4.74 Å². The van der Waals surface area contributed by atoms with E-state index >= 15 is 0 Å². The molecule has 0 aliphatic carbocycles. The highest BCUT2D eigenvalue weighted by molar-refractivity contribution is 5.72. The number of ether oxygens (including phenoxy) is 1. The molecule has 0 heterocycles. The van der Waals surface area contributed by atoms with Gasteiger partial charge in [-0.2, -0.15) is 0 Å². The first-order chi connectivity index (χ1) is 11.8. The molecule has 0 aliphatic rings. The summed E-state index contributed by atoms with van der Waals surface area (Å²) in [5, 5.41) is 0. The van der Waals surface area contributed by atoms with E-state index in [2.05, 4.69) is 49.2 Å². The Morgan fingerprint density at radius 2 is 1.62 bits per heavy atom. The van der Waals surface area contributed by atoms with Crippen molar-refractivity contribution in [3.8, 4) is 29.2 Å². The zero-order valence-corrected chi connectivity index (χ0v) is 13.8. The van der Waals surface area contributed by atoms with E-state index in [-0.39, 0.29) is 0 Å². The van der Waals surface area contributed by atoms with E-state index in [9.17, 15) is 0 Å². The van der Waals surface area contributed by atoms with Gasteiger partial charge in [0.05, 0.1) is 0 Å². The standard InChI is InChI=1S/C23H20O/c1-3-18-10-13-21(14-11-18)22-15-12-19(4-2)16-23(22)24-17-20-8-6-5-7-9-20/h2,5-16H,3,17H2,1H3. The molecule has 0 unspecified atom stereocenters. The monoisotopic (exact) mass is 312 g/mol. The van der Waals surface area contributed by atoms with Gasteiger partial charge in [0.25, 0.3) is 0 Å². The molecule has 0 saturated carbocycles. The summed E-state index contributed by atoms with van der Waals surface area (Å²) in [6, 6.07) is 24.7. The first kappa shape index (κ1) is 15.9. The lowest BCUT2D eigenvalue weighted by Gasteiger charge is -2.13. The van der Waals surface area contributed by atoms with Crippen LogP contribution in [0.3, 0.4) is 0 Å². The van der Waals surface area contributed by atoms with Crippen LogP contribution in [0.4, 0.5) is 0 Å². The zero-order valence-electron chi connectivity index (χ0n) is 13.8. The molecule has 0 radical (unpaired) electrons. The predicted octanol–water partition coefficient (Wildman–Crippen LogP) is 5.48. The van der Waals surface area contributed by atoms with Crippen LogP contribution in [-0.4, -0.2) is 0 Å². The van der Waals surface area contributed by atoms with Gasteiger partial charge in [-0.05, 0) is 41.3 Å². The average Bonchev–Trinajstić information content (AvgIpc) is 2.67. The molecule has 0 aliphatic heterocycles. The second kappa shape index (κ2) is 7.53. The van der Waals surface area contributed by atoms with Crippen molar-refractivity contribution in [1.82, 2.24) is 0 Å². The molecule has 0 atom stereocenters. The second-order valence-corrected chi connectivity index (χ2v) is 5.68. The maximum absolute atomic E-state index is 6.08. The van der Waals surface area contributed by atoms with E-state index in [0.717, 1.165) is 34.4 Å². The molecule has 0 N–H and O–H groups in total. The minimum atomic E-state index is 0.523. The molecule has 0 bridgehead atoms. The van der Waals surface area contributed by atoms with Gasteiger partial charge >= 0.3 is 0 Å². The van der Waals surface area contributed by atoms with Crippen molar-refractivity contribution in [1.29, 1.82) is 0 Å². The highest BCUT2D eigenvalue weighted by Crippen LogP contribution is 2.32. The van der Waals surface area contributed by atoms with Crippen molar-refractivity contribution in [3.05, 3.63) is 89.5 Å². The van der Waals surface area contributed by atoms with Gasteiger partial charge in [0.15, 0.2) is 0 Å². The number of hydrogen-bond acceptors (Lipinski definition) is 1. The fraction of sp³-hybridized carbons (Fsp3) is 0.130. The lowest BCUT2D eigenvalue weighted by atomic mass is 10.0. The Labute approximate surface area is 143 Å². The van der Waals surface area contributed by atoms with E-state index in [0.29, 0.717) is 6.61 Å². The molecule has 0 aromatic heterocycles. The predicted molar refractivity (Wildman–Crippen MR) is 100.0 cm³/mol. The van der Waals surface area contributed by atoms with Crippen LogP contribution < -0.4 is 4.74 Å². The molecule has 1 heteroatoms. The van der Waals surface area contributed by atoms with E-state index in [1.54, 1.807) is 0 Å². The lowest BCUT2D eigenvalue weighted by molar-refractivity contribution is 0.307. The van der Waals surface area contributed by atoms with Gasteiger partial charge in [0, 0.05) is 11.1 Å². The summed E-state index contributed by atoms with van der Waals surface area (Å²) in [7, 11) is 0. The number of rotatable bonds is 5. The van der Waals surface area contributed by atoms with Crippen LogP contribution in [0.5, 0.6) is 5.75 Å².